The van der Waals surface area contributed by atoms with Crippen molar-refractivity contribution in [1.82, 2.24) is 0 Å². The molecule has 0 radical (unpaired) electrons. The Morgan fingerprint density at radius 1 is 0.877 bits per heavy atom. The Bertz CT molecular complexity index is 2080. The van der Waals surface area contributed by atoms with Crippen LogP contribution in [0.25, 0.3) is 12.2 Å². The molecule has 0 aliphatic heterocycles. The number of hydrogen-bond acceptors (Lipinski definition) is 7. The summed E-state index contributed by atoms with van der Waals surface area (Å²) in [6.07, 6.45) is 14.8. The van der Waals surface area contributed by atoms with E-state index in [-0.39, 0.29) is 40.3 Å². The maximum absolute atomic E-state index is 16.0. The van der Waals surface area contributed by atoms with Crippen LogP contribution in [0, 0.1) is 79.3 Å². The monoisotopic (exact) mass is 778 g/mol. The first-order valence-electron chi connectivity index (χ1n) is 22.7. The zero-order valence-electron chi connectivity index (χ0n) is 34.6. The Morgan fingerprint density at radius 3 is 2.37 bits per heavy atom. The van der Waals surface area contributed by atoms with Gasteiger partial charge in [-0.3, -0.25) is 4.79 Å². The highest BCUT2D eigenvalue weighted by Gasteiger charge is 2.79. The lowest BCUT2D eigenvalue weighted by atomic mass is 9.29. The molecule has 0 heterocycles. The lowest BCUT2D eigenvalue weighted by molar-refractivity contribution is -0.266. The van der Waals surface area contributed by atoms with Crippen LogP contribution < -0.4 is 10.4 Å². The first-order chi connectivity index (χ1) is 27.1. The fourth-order valence-corrected chi connectivity index (χ4v) is 17.9. The van der Waals surface area contributed by atoms with E-state index in [9.17, 15) is 30.6 Å². The summed E-state index contributed by atoms with van der Waals surface area (Å²) in [5.74, 6) is 6.06. The van der Waals surface area contributed by atoms with E-state index in [0.717, 1.165) is 86.6 Å². The van der Waals surface area contributed by atoms with Crippen LogP contribution in [-0.4, -0.2) is 67.4 Å². The molecule has 7 nitrogen and oxygen atoms in total. The third-order valence-electron chi connectivity index (χ3n) is 20.1. The van der Waals surface area contributed by atoms with Crippen molar-refractivity contribution in [2.24, 2.45) is 67.5 Å². The number of benzene rings is 1. The molecule has 3 spiro atoms. The summed E-state index contributed by atoms with van der Waals surface area (Å²) in [5.41, 5.74) is -1.79. The number of aliphatic hydroxyl groups excluding tert-OH is 6. The number of carbonyl (C=O) groups excluding carboxylic acids is 1. The van der Waals surface area contributed by atoms with Crippen LogP contribution in [0.3, 0.4) is 0 Å². The summed E-state index contributed by atoms with van der Waals surface area (Å²) < 4.78 is 0. The van der Waals surface area contributed by atoms with Gasteiger partial charge < -0.3 is 30.6 Å². The van der Waals surface area contributed by atoms with Crippen molar-refractivity contribution >= 4 is 17.9 Å². The van der Waals surface area contributed by atoms with Gasteiger partial charge in [0.25, 0.3) is 0 Å². The van der Waals surface area contributed by atoms with Crippen LogP contribution in [0.1, 0.15) is 136 Å². The van der Waals surface area contributed by atoms with Crippen LogP contribution in [0.5, 0.6) is 0 Å². The number of allylic oxidation sites excluding steroid dienone is 2. The van der Waals surface area contributed by atoms with Gasteiger partial charge in [-0.15, -0.1) is 5.92 Å². The summed E-state index contributed by atoms with van der Waals surface area (Å²) >= 11 is 0. The van der Waals surface area contributed by atoms with Crippen molar-refractivity contribution < 1.29 is 35.4 Å². The molecule has 10 aliphatic carbocycles. The first kappa shape index (κ1) is 38.9. The van der Waals surface area contributed by atoms with Crippen molar-refractivity contribution in [3.63, 3.8) is 0 Å². The predicted molar refractivity (Wildman–Crippen MR) is 218 cm³/mol. The van der Waals surface area contributed by atoms with Crippen molar-refractivity contribution in [2.75, 3.05) is 6.61 Å². The van der Waals surface area contributed by atoms with Crippen molar-refractivity contribution in [1.29, 1.82) is 0 Å². The van der Waals surface area contributed by atoms with Crippen molar-refractivity contribution in [3.8, 4) is 11.8 Å². The first-order valence-corrected chi connectivity index (χ1v) is 22.7. The molecule has 0 amide bonds. The molecule has 6 fully saturated rings. The summed E-state index contributed by atoms with van der Waals surface area (Å²) in [4.78, 5) is 16.0. The molecular formula is C50H66O7. The SMILES string of the molecule is C[C@@H](O)c1ccc2c(c1)=C[C@H]1[C@H](C=2)CC[C@@]23CCC4[C@](C)([C@H](O)CO)[C@@H](O)CC[C@]41[C@H]2C(=O)C=C1C2C[C@@]4(C)CCC#C[C@@H](O)[C@]2([C@@H](O)C[C@]13C)C1(CCCC1)C4. The summed E-state index contributed by atoms with van der Waals surface area (Å²) in [5, 5.41) is 73.0. The van der Waals surface area contributed by atoms with Gasteiger partial charge >= 0.3 is 0 Å². The van der Waals surface area contributed by atoms with E-state index in [0.29, 0.717) is 25.7 Å². The van der Waals surface area contributed by atoms with Gasteiger partial charge in [0, 0.05) is 23.2 Å². The number of hydrogen-bond donors (Lipinski definition) is 6. The fourth-order valence-electron chi connectivity index (χ4n) is 17.9. The summed E-state index contributed by atoms with van der Waals surface area (Å²) in [6.45, 7) is 8.10. The minimum Gasteiger partial charge on any atom is -0.394 e. The second kappa shape index (κ2) is 12.6. The van der Waals surface area contributed by atoms with Gasteiger partial charge in [0.2, 0.25) is 0 Å². The van der Waals surface area contributed by atoms with E-state index in [1.54, 1.807) is 6.92 Å². The maximum Gasteiger partial charge on any atom is 0.159 e. The highest BCUT2D eigenvalue weighted by atomic mass is 16.3. The zero-order chi connectivity index (χ0) is 40.1. The van der Waals surface area contributed by atoms with Gasteiger partial charge in [0.1, 0.15) is 6.10 Å². The highest BCUT2D eigenvalue weighted by molar-refractivity contribution is 5.96. The van der Waals surface area contributed by atoms with Crippen LogP contribution in [-0.2, 0) is 4.79 Å². The summed E-state index contributed by atoms with van der Waals surface area (Å²) in [6, 6.07) is 6.22. The van der Waals surface area contributed by atoms with E-state index in [4.69, 9.17) is 0 Å². The Balaban J connectivity index is 1.22. The van der Waals surface area contributed by atoms with E-state index in [1.165, 1.54) is 5.57 Å². The molecule has 10 aliphatic rings. The summed E-state index contributed by atoms with van der Waals surface area (Å²) in [7, 11) is 0. The van der Waals surface area contributed by atoms with Crippen molar-refractivity contribution in [3.05, 3.63) is 45.8 Å². The van der Waals surface area contributed by atoms with Gasteiger partial charge in [0.05, 0.1) is 31.0 Å². The molecular weight excluding hydrogens is 713 g/mol. The molecule has 7 heteroatoms. The standard InChI is InChI=1S/C50H66O7/c1-29(52)30-10-11-31-22-32-12-18-48-19-13-38-46(4,42(57)27-51)39(54)14-20-49(38,34(32)23-33(31)21-30)43(48)37(53)24-35-36-25-44(2)15-6-5-9-40(55)50(36,41(56)26-45(35,48)3)47(28-44)16-7-8-17-47/h10-11,21-24,29,32,34,36,38-43,51-52,54-57H,6-8,12-20,25-28H2,1-4H3/t29-,32+,34+,36?,38?,39+,40-,41+,42-,43+,44-,45-,46+,48-,49-,50-/m1/s1. The average molecular weight is 779 g/mol. The largest absolute Gasteiger partial charge is 0.394 e. The molecule has 6 saturated carbocycles. The maximum atomic E-state index is 16.0. The highest BCUT2D eigenvalue weighted by Crippen LogP contribution is 2.82. The number of aliphatic hydroxyl groups is 6. The van der Waals surface area contributed by atoms with Crippen LogP contribution in [0.4, 0.5) is 0 Å². The van der Waals surface area contributed by atoms with E-state index < -0.39 is 70.1 Å². The number of rotatable bonds is 3. The van der Waals surface area contributed by atoms with Crippen LogP contribution >= 0.6 is 0 Å². The second-order valence-electron chi connectivity index (χ2n) is 22.0. The van der Waals surface area contributed by atoms with Crippen molar-refractivity contribution in [2.45, 2.75) is 155 Å². The van der Waals surface area contributed by atoms with Gasteiger partial charge in [-0.05, 0) is 163 Å². The second-order valence-corrected chi connectivity index (χ2v) is 22.0. The molecule has 16 atom stereocenters. The molecule has 6 N–H and O–H groups in total. The Hall–Kier alpha value is -2.31. The molecule has 1 aromatic rings. The molecule has 11 rings (SSSR count). The Kier molecular flexibility index (Phi) is 8.60. The molecule has 57 heavy (non-hydrogen) atoms. The smallest absolute Gasteiger partial charge is 0.159 e. The quantitative estimate of drug-likeness (QED) is 0.231. The van der Waals surface area contributed by atoms with E-state index >= 15 is 4.79 Å². The minimum absolute atomic E-state index is 0.0206. The molecule has 0 saturated heterocycles. The Labute approximate surface area is 338 Å². The Morgan fingerprint density at radius 2 is 1.63 bits per heavy atom. The fraction of sp³-hybridized carbons (Fsp3) is 0.740. The van der Waals surface area contributed by atoms with Crippen LogP contribution in [0.15, 0.2) is 29.8 Å². The zero-order valence-corrected chi connectivity index (χ0v) is 34.6. The van der Waals surface area contributed by atoms with E-state index in [1.807, 2.05) is 19.1 Å². The lowest BCUT2D eigenvalue weighted by Crippen LogP contribution is -2.74. The van der Waals surface area contributed by atoms with Gasteiger partial charge in [-0.1, -0.05) is 69.4 Å². The third kappa shape index (κ3) is 4.65. The van der Waals surface area contributed by atoms with Gasteiger partial charge in [-0.25, -0.2) is 0 Å². The van der Waals surface area contributed by atoms with Gasteiger partial charge in [0.15, 0.2) is 5.78 Å². The number of fused-ring (bicyclic) bond motifs is 6. The normalized spacial score (nSPS) is 49.8. The molecule has 4 bridgehead atoms. The lowest BCUT2D eigenvalue weighted by Gasteiger charge is -2.75. The predicted octanol–water partition coefficient (Wildman–Crippen LogP) is 5.26. The van der Waals surface area contributed by atoms with Crippen LogP contribution in [0.2, 0.25) is 0 Å². The topological polar surface area (TPSA) is 138 Å². The third-order valence-corrected chi connectivity index (χ3v) is 20.1. The average Bonchev–Trinajstić information content (AvgIpc) is 3.64. The molecule has 2 unspecified atom stereocenters. The minimum atomic E-state index is -1.15. The van der Waals surface area contributed by atoms with Gasteiger partial charge in [-0.2, -0.15) is 0 Å². The molecule has 0 aromatic heterocycles. The molecule has 1 aromatic carbocycles. The van der Waals surface area contributed by atoms with E-state index in [2.05, 4.69) is 50.0 Å². The molecule has 308 valence electrons. The number of ketones is 1. The number of carbonyl (C=O) groups is 1.